The fourth-order valence-electron chi connectivity index (χ4n) is 2.20. The van der Waals surface area contributed by atoms with Crippen molar-refractivity contribution in [3.8, 4) is 10.7 Å². The molecule has 0 saturated carbocycles. The quantitative estimate of drug-likeness (QED) is 0.433. The third-order valence-electron chi connectivity index (χ3n) is 3.14. The van der Waals surface area contributed by atoms with Gasteiger partial charge in [-0.3, -0.25) is 9.89 Å². The summed E-state index contributed by atoms with van der Waals surface area (Å²) < 4.78 is 0. The summed E-state index contributed by atoms with van der Waals surface area (Å²) >= 11 is 3.06. The highest BCUT2D eigenvalue weighted by Crippen LogP contribution is 2.27. The number of Topliss-reactive ketones (excluding diaryl/α,β-unsaturated/α-hetero) is 1. The molecule has 1 N–H and O–H groups in total. The van der Waals surface area contributed by atoms with E-state index < -0.39 is 0 Å². The zero-order chi connectivity index (χ0) is 16.4. The van der Waals surface area contributed by atoms with Crippen molar-refractivity contribution in [3.05, 3.63) is 40.4 Å². The molecule has 0 aliphatic heterocycles. The zero-order valence-electron chi connectivity index (χ0n) is 13.0. The molecule has 118 valence electrons. The summed E-state index contributed by atoms with van der Waals surface area (Å²) in [5.41, 5.74) is 1.29. The summed E-state index contributed by atoms with van der Waals surface area (Å²) in [4.78, 5) is 26.0. The number of carbonyl (C=O) groups excluding carboxylic acids is 1. The highest BCUT2D eigenvalue weighted by molar-refractivity contribution is 7.98. The Bertz CT molecular complexity index is 842. The number of hydrogen-bond acceptors (Lipinski definition) is 7. The summed E-state index contributed by atoms with van der Waals surface area (Å²) in [6, 6.07) is 3.95. The molecule has 0 saturated heterocycles. The Hall–Kier alpha value is -2.06. The lowest BCUT2D eigenvalue weighted by Gasteiger charge is -2.08. The van der Waals surface area contributed by atoms with Crippen molar-refractivity contribution in [2.24, 2.45) is 0 Å². The summed E-state index contributed by atoms with van der Waals surface area (Å²) in [7, 11) is 0. The van der Waals surface area contributed by atoms with E-state index >= 15 is 0 Å². The van der Waals surface area contributed by atoms with Gasteiger partial charge in [0.2, 0.25) is 0 Å². The zero-order valence-corrected chi connectivity index (χ0v) is 14.6. The second-order valence-electron chi connectivity index (χ2n) is 4.96. The molecule has 0 aliphatic rings. The van der Waals surface area contributed by atoms with Gasteiger partial charge >= 0.3 is 0 Å². The molecule has 3 heterocycles. The summed E-state index contributed by atoms with van der Waals surface area (Å²) in [5, 5.41) is 9.85. The molecule has 0 aromatic carbocycles. The van der Waals surface area contributed by atoms with Gasteiger partial charge in [-0.15, -0.1) is 11.3 Å². The molecule has 6 nitrogen and oxygen atoms in total. The first kappa shape index (κ1) is 15.8. The van der Waals surface area contributed by atoms with Crippen LogP contribution < -0.4 is 0 Å². The fraction of sp³-hybridized carbons (Fsp3) is 0.267. The Balaban J connectivity index is 1.80. The molecular formula is C15H15N5OS2. The molecule has 0 unspecified atom stereocenters. The number of carbonyl (C=O) groups is 1. The largest absolute Gasteiger partial charge is 0.294 e. The molecule has 0 radical (unpaired) electrons. The van der Waals surface area contributed by atoms with Gasteiger partial charge in [0.05, 0.1) is 21.9 Å². The Labute approximate surface area is 141 Å². The van der Waals surface area contributed by atoms with E-state index in [9.17, 15) is 4.79 Å². The average Bonchev–Trinajstić information content (AvgIpc) is 3.15. The van der Waals surface area contributed by atoms with Crippen LogP contribution in [0.5, 0.6) is 0 Å². The average molecular weight is 345 g/mol. The number of hydrogen-bond donors (Lipinski definition) is 1. The molecule has 0 amide bonds. The minimum Gasteiger partial charge on any atom is -0.294 e. The number of thiophene rings is 1. The number of nitrogens with one attached hydrogen (secondary N) is 1. The number of aryl methyl sites for hydroxylation is 2. The number of aromatic nitrogens is 5. The van der Waals surface area contributed by atoms with Gasteiger partial charge in [0.15, 0.2) is 11.6 Å². The molecule has 0 fully saturated rings. The SMILES string of the molecule is CC(=O)c1c(C)nc(C)nc1SCc1nc(-c2cccs2)n[nH]1. The van der Waals surface area contributed by atoms with E-state index in [-0.39, 0.29) is 5.78 Å². The second-order valence-corrected chi connectivity index (χ2v) is 6.88. The number of thioether (sulfide) groups is 1. The third kappa shape index (κ3) is 3.48. The highest BCUT2D eigenvalue weighted by atomic mass is 32.2. The van der Waals surface area contributed by atoms with Crippen LogP contribution in [0.15, 0.2) is 22.5 Å². The minimum absolute atomic E-state index is 0.0261. The number of rotatable bonds is 5. The van der Waals surface area contributed by atoms with Crippen LogP contribution in [0.25, 0.3) is 10.7 Å². The molecule has 0 atom stereocenters. The van der Waals surface area contributed by atoms with Crippen LogP contribution in [-0.2, 0) is 5.75 Å². The van der Waals surface area contributed by atoms with Crippen molar-refractivity contribution in [1.82, 2.24) is 25.1 Å². The van der Waals surface area contributed by atoms with E-state index in [2.05, 4.69) is 25.1 Å². The van der Waals surface area contributed by atoms with Gasteiger partial charge in [0, 0.05) is 0 Å². The van der Waals surface area contributed by atoms with Gasteiger partial charge in [0.25, 0.3) is 0 Å². The van der Waals surface area contributed by atoms with Crippen LogP contribution >= 0.6 is 23.1 Å². The summed E-state index contributed by atoms with van der Waals surface area (Å²) in [5.74, 6) is 2.64. The molecule has 3 aromatic heterocycles. The third-order valence-corrected chi connectivity index (χ3v) is 4.99. The predicted molar refractivity (Wildman–Crippen MR) is 90.8 cm³/mol. The minimum atomic E-state index is -0.0261. The second kappa shape index (κ2) is 6.59. The number of aromatic amines is 1. The first-order chi connectivity index (χ1) is 11.0. The Kier molecular flexibility index (Phi) is 4.53. The van der Waals surface area contributed by atoms with Gasteiger partial charge in [0.1, 0.15) is 16.7 Å². The summed E-state index contributed by atoms with van der Waals surface area (Å²) in [6.07, 6.45) is 0. The Morgan fingerprint density at radius 1 is 1.30 bits per heavy atom. The smallest absolute Gasteiger partial charge is 0.191 e. The van der Waals surface area contributed by atoms with Crippen molar-refractivity contribution >= 4 is 28.9 Å². The van der Waals surface area contributed by atoms with Crippen LogP contribution in [0.4, 0.5) is 0 Å². The topological polar surface area (TPSA) is 84.4 Å². The highest BCUT2D eigenvalue weighted by Gasteiger charge is 2.16. The molecule has 0 spiro atoms. The normalized spacial score (nSPS) is 10.9. The number of nitrogens with zero attached hydrogens (tertiary/aromatic N) is 4. The maximum absolute atomic E-state index is 11.8. The van der Waals surface area contributed by atoms with Crippen molar-refractivity contribution < 1.29 is 4.79 Å². The molecule has 3 aromatic rings. The summed E-state index contributed by atoms with van der Waals surface area (Å²) in [6.45, 7) is 5.19. The van der Waals surface area contributed by atoms with Crippen molar-refractivity contribution in [1.29, 1.82) is 0 Å². The first-order valence-corrected chi connectivity index (χ1v) is 8.85. The number of H-pyrrole nitrogens is 1. The van der Waals surface area contributed by atoms with Gasteiger partial charge in [-0.2, -0.15) is 5.10 Å². The van der Waals surface area contributed by atoms with Crippen molar-refractivity contribution in [2.45, 2.75) is 31.6 Å². The van der Waals surface area contributed by atoms with Crippen LogP contribution in [0.2, 0.25) is 0 Å². The lowest BCUT2D eigenvalue weighted by molar-refractivity contribution is 0.101. The molecule has 23 heavy (non-hydrogen) atoms. The number of ketones is 1. The van der Waals surface area contributed by atoms with E-state index in [1.165, 1.54) is 18.7 Å². The lowest BCUT2D eigenvalue weighted by Crippen LogP contribution is -2.06. The van der Waals surface area contributed by atoms with Crippen LogP contribution in [-0.4, -0.2) is 30.9 Å². The van der Waals surface area contributed by atoms with Crippen molar-refractivity contribution in [3.63, 3.8) is 0 Å². The fourth-order valence-corrected chi connectivity index (χ4v) is 3.90. The van der Waals surface area contributed by atoms with E-state index in [4.69, 9.17) is 0 Å². The van der Waals surface area contributed by atoms with E-state index in [1.807, 2.05) is 31.4 Å². The van der Waals surface area contributed by atoms with Crippen LogP contribution in [0.1, 0.15) is 34.6 Å². The maximum atomic E-state index is 11.8. The van der Waals surface area contributed by atoms with E-state index in [0.717, 1.165) is 10.7 Å². The predicted octanol–water partition coefficient (Wildman–Crippen LogP) is 3.43. The van der Waals surface area contributed by atoms with Crippen LogP contribution in [0, 0.1) is 13.8 Å². The Morgan fingerprint density at radius 2 is 2.13 bits per heavy atom. The Morgan fingerprint density at radius 3 is 2.83 bits per heavy atom. The molecule has 8 heteroatoms. The standard InChI is InChI=1S/C15H15N5OS2/c1-8-13(9(2)21)15(17-10(3)16-8)23-7-12-18-14(20-19-12)11-5-4-6-22-11/h4-6H,7H2,1-3H3,(H,18,19,20). The van der Waals surface area contributed by atoms with Gasteiger partial charge < -0.3 is 0 Å². The molecule has 3 rings (SSSR count). The van der Waals surface area contributed by atoms with Gasteiger partial charge in [-0.05, 0) is 32.2 Å². The van der Waals surface area contributed by atoms with Crippen LogP contribution in [0.3, 0.4) is 0 Å². The lowest BCUT2D eigenvalue weighted by atomic mass is 10.2. The molecule has 0 aliphatic carbocycles. The molecule has 0 bridgehead atoms. The van der Waals surface area contributed by atoms with E-state index in [1.54, 1.807) is 11.3 Å². The van der Waals surface area contributed by atoms with Crippen molar-refractivity contribution in [2.75, 3.05) is 0 Å². The van der Waals surface area contributed by atoms with Gasteiger partial charge in [-0.1, -0.05) is 17.8 Å². The van der Waals surface area contributed by atoms with E-state index in [0.29, 0.717) is 33.7 Å². The molecular weight excluding hydrogens is 330 g/mol. The maximum Gasteiger partial charge on any atom is 0.191 e. The first-order valence-electron chi connectivity index (χ1n) is 6.98. The monoisotopic (exact) mass is 345 g/mol. The van der Waals surface area contributed by atoms with Gasteiger partial charge in [-0.25, -0.2) is 15.0 Å².